The number of rotatable bonds is 7. The van der Waals surface area contributed by atoms with E-state index in [1.54, 1.807) is 43.0 Å². The summed E-state index contributed by atoms with van der Waals surface area (Å²) in [5, 5.41) is 2.81. The average molecular weight is 593 g/mol. The average Bonchev–Trinajstić information content (AvgIpc) is 3.31. The molecule has 1 atom stereocenters. The highest BCUT2D eigenvalue weighted by atomic mass is 79.9. The molecule has 2 aromatic rings. The summed E-state index contributed by atoms with van der Waals surface area (Å²) in [6.45, 7) is 4.46. The van der Waals surface area contributed by atoms with Crippen LogP contribution in [0.5, 0.6) is 0 Å². The molecule has 0 radical (unpaired) electrons. The molecule has 1 saturated heterocycles. The molecular weight excluding hydrogens is 562 g/mol. The highest BCUT2D eigenvalue weighted by Gasteiger charge is 2.38. The number of nitrogens with zero attached hydrogens (tertiary/aromatic N) is 2. The number of fused-ring (bicyclic) bond motifs is 1. The van der Waals surface area contributed by atoms with Gasteiger partial charge >= 0.3 is 5.97 Å². The summed E-state index contributed by atoms with van der Waals surface area (Å²) in [5.74, 6) is -1.49. The van der Waals surface area contributed by atoms with Crippen molar-refractivity contribution in [2.45, 2.75) is 44.4 Å². The van der Waals surface area contributed by atoms with Crippen molar-refractivity contribution in [2.24, 2.45) is 5.92 Å². The quantitative estimate of drug-likeness (QED) is 0.487. The molecule has 2 aliphatic heterocycles. The first-order valence-electron chi connectivity index (χ1n) is 12.4. The van der Waals surface area contributed by atoms with Gasteiger partial charge in [-0.1, -0.05) is 28.9 Å². The molecule has 1 N–H and O–H groups in total. The molecule has 2 amide bonds. The number of carbonyl (C=O) groups excluding carboxylic acids is 3. The normalized spacial score (nSPS) is 17.8. The van der Waals surface area contributed by atoms with Crippen molar-refractivity contribution in [1.82, 2.24) is 4.31 Å². The number of benzene rings is 2. The monoisotopic (exact) mass is 591 g/mol. The maximum atomic E-state index is 13.8. The van der Waals surface area contributed by atoms with Gasteiger partial charge < -0.3 is 15.0 Å². The molecule has 2 aliphatic rings. The van der Waals surface area contributed by atoms with Crippen LogP contribution in [0.25, 0.3) is 0 Å². The fourth-order valence-electron chi connectivity index (χ4n) is 4.80. The van der Waals surface area contributed by atoms with E-state index in [1.807, 2.05) is 6.07 Å². The third-order valence-corrected chi connectivity index (χ3v) is 8.95. The van der Waals surface area contributed by atoms with Gasteiger partial charge in [0.2, 0.25) is 21.8 Å². The fourth-order valence-corrected chi connectivity index (χ4v) is 7.24. The lowest BCUT2D eigenvalue weighted by atomic mass is 9.98. The van der Waals surface area contributed by atoms with Crippen LogP contribution in [0.4, 0.5) is 11.4 Å². The smallest absolute Gasteiger partial charge is 0.338 e. The lowest BCUT2D eigenvalue weighted by molar-refractivity contribution is -0.121. The second-order valence-electron chi connectivity index (χ2n) is 9.05. The van der Waals surface area contributed by atoms with E-state index in [1.165, 1.54) is 10.4 Å². The number of ether oxygens (including phenoxy) is 1. The van der Waals surface area contributed by atoms with Gasteiger partial charge in [0.25, 0.3) is 0 Å². The number of hydrogen-bond acceptors (Lipinski definition) is 6. The van der Waals surface area contributed by atoms with Crippen molar-refractivity contribution in [3.8, 4) is 0 Å². The Kier molecular flexibility index (Phi) is 8.35. The molecule has 37 heavy (non-hydrogen) atoms. The number of esters is 1. The molecule has 9 nitrogen and oxygen atoms in total. The zero-order valence-electron chi connectivity index (χ0n) is 20.8. The topological polar surface area (TPSA) is 113 Å². The maximum Gasteiger partial charge on any atom is 0.338 e. The first-order chi connectivity index (χ1) is 17.6. The summed E-state index contributed by atoms with van der Waals surface area (Å²) in [4.78, 5) is 39.3. The van der Waals surface area contributed by atoms with E-state index < -0.39 is 21.9 Å². The fraction of sp³-hybridized carbons (Fsp3) is 0.423. The summed E-state index contributed by atoms with van der Waals surface area (Å²) in [6, 6.07) is 9.86. The van der Waals surface area contributed by atoms with E-state index in [0.29, 0.717) is 47.2 Å². The number of carbonyl (C=O) groups is 3. The Morgan fingerprint density at radius 2 is 1.92 bits per heavy atom. The van der Waals surface area contributed by atoms with Crippen LogP contribution in [0.2, 0.25) is 0 Å². The highest BCUT2D eigenvalue weighted by molar-refractivity contribution is 9.10. The maximum absolute atomic E-state index is 13.8. The molecule has 0 bridgehead atoms. The van der Waals surface area contributed by atoms with Gasteiger partial charge in [-0.3, -0.25) is 9.59 Å². The third-order valence-electron chi connectivity index (χ3n) is 6.61. The Morgan fingerprint density at radius 3 is 2.65 bits per heavy atom. The van der Waals surface area contributed by atoms with Gasteiger partial charge in [0.15, 0.2) is 0 Å². The van der Waals surface area contributed by atoms with Gasteiger partial charge in [-0.15, -0.1) is 0 Å². The number of hydrogen-bond donors (Lipinski definition) is 1. The van der Waals surface area contributed by atoms with Crippen LogP contribution in [0.3, 0.4) is 0 Å². The summed E-state index contributed by atoms with van der Waals surface area (Å²) in [5.41, 5.74) is 2.01. The van der Waals surface area contributed by atoms with Crippen LogP contribution >= 0.6 is 15.9 Å². The Morgan fingerprint density at radius 1 is 1.14 bits per heavy atom. The second kappa shape index (κ2) is 11.3. The van der Waals surface area contributed by atoms with Gasteiger partial charge in [0.05, 0.1) is 23.8 Å². The van der Waals surface area contributed by atoms with Crippen molar-refractivity contribution in [1.29, 1.82) is 0 Å². The summed E-state index contributed by atoms with van der Waals surface area (Å²) in [7, 11) is -3.98. The minimum absolute atomic E-state index is 0.0226. The standard InChI is InChI=1S/C26H30BrN3O6S/c1-3-23(31)30-12-10-17-13-20(27)15-22(24(17)30)37(34,35)29-11-6-8-19(16-29)25(32)28-21-9-5-7-18(14-21)26(33)36-4-2/h5,7,9,13-15,19H,3-4,6,8,10-12,16H2,1-2H3,(H,28,32)/t19-/m1/s1. The van der Waals surface area contributed by atoms with Gasteiger partial charge in [0, 0.05) is 36.2 Å². The minimum Gasteiger partial charge on any atom is -0.462 e. The lowest BCUT2D eigenvalue weighted by Gasteiger charge is -2.32. The molecule has 11 heteroatoms. The van der Waals surface area contributed by atoms with Gasteiger partial charge in [-0.2, -0.15) is 4.31 Å². The van der Waals surface area contributed by atoms with E-state index in [-0.39, 0.29) is 42.8 Å². The summed E-state index contributed by atoms with van der Waals surface area (Å²) in [6.07, 6.45) is 1.91. The van der Waals surface area contributed by atoms with Crippen molar-refractivity contribution < 1.29 is 27.5 Å². The zero-order valence-corrected chi connectivity index (χ0v) is 23.2. The number of nitrogens with one attached hydrogen (secondary N) is 1. The third kappa shape index (κ3) is 5.73. The van der Waals surface area contributed by atoms with Crippen molar-refractivity contribution >= 4 is 55.1 Å². The predicted molar refractivity (Wildman–Crippen MR) is 143 cm³/mol. The van der Waals surface area contributed by atoms with Crippen LogP contribution in [-0.4, -0.2) is 56.7 Å². The number of sulfonamides is 1. The first kappa shape index (κ1) is 27.3. The highest BCUT2D eigenvalue weighted by Crippen LogP contribution is 2.40. The molecule has 0 aromatic heterocycles. The molecule has 1 fully saturated rings. The van der Waals surface area contributed by atoms with E-state index >= 15 is 0 Å². The molecule has 198 valence electrons. The molecule has 4 rings (SSSR count). The van der Waals surface area contributed by atoms with Crippen molar-refractivity contribution in [3.63, 3.8) is 0 Å². The molecular formula is C26H30BrN3O6S. The van der Waals surface area contributed by atoms with Crippen molar-refractivity contribution in [2.75, 3.05) is 36.5 Å². The van der Waals surface area contributed by atoms with Gasteiger partial charge in [-0.05, 0) is 62.1 Å². The minimum atomic E-state index is -3.98. The first-order valence-corrected chi connectivity index (χ1v) is 14.6. The largest absolute Gasteiger partial charge is 0.462 e. The van der Waals surface area contributed by atoms with Gasteiger partial charge in [-0.25, -0.2) is 13.2 Å². The lowest BCUT2D eigenvalue weighted by Crippen LogP contribution is -2.44. The SMILES string of the molecule is CCOC(=O)c1cccc(NC(=O)[C@@H]2CCCN(S(=O)(=O)c3cc(Br)cc4c3N(C(=O)CC)CC4)C2)c1. The summed E-state index contributed by atoms with van der Waals surface area (Å²) >= 11 is 3.42. The zero-order chi connectivity index (χ0) is 26.7. The predicted octanol–water partition coefficient (Wildman–Crippen LogP) is 3.96. The van der Waals surface area contributed by atoms with Crippen molar-refractivity contribution in [3.05, 3.63) is 52.0 Å². The van der Waals surface area contributed by atoms with Crippen LogP contribution in [0.1, 0.15) is 49.0 Å². The van der Waals surface area contributed by atoms with Crippen LogP contribution in [-0.2, 0) is 30.8 Å². The van der Waals surface area contributed by atoms with Crippen LogP contribution in [0, 0.1) is 5.92 Å². The summed E-state index contributed by atoms with van der Waals surface area (Å²) < 4.78 is 34.7. The number of piperidine rings is 1. The second-order valence-corrected chi connectivity index (χ2v) is 11.9. The van der Waals surface area contributed by atoms with Crippen LogP contribution in [0.15, 0.2) is 45.8 Å². The Balaban J connectivity index is 1.55. The molecule has 0 saturated carbocycles. The Hall–Kier alpha value is -2.76. The van der Waals surface area contributed by atoms with E-state index in [0.717, 1.165) is 5.56 Å². The Bertz CT molecular complexity index is 1330. The molecule has 2 aromatic carbocycles. The number of amides is 2. The number of anilines is 2. The van der Waals surface area contributed by atoms with Crippen LogP contribution < -0.4 is 10.2 Å². The van der Waals surface area contributed by atoms with E-state index in [4.69, 9.17) is 4.74 Å². The van der Waals surface area contributed by atoms with E-state index in [9.17, 15) is 22.8 Å². The molecule has 0 unspecified atom stereocenters. The van der Waals surface area contributed by atoms with E-state index in [2.05, 4.69) is 21.2 Å². The molecule has 0 spiro atoms. The molecule has 0 aliphatic carbocycles. The Labute approximate surface area is 225 Å². The van der Waals surface area contributed by atoms with Gasteiger partial charge in [0.1, 0.15) is 4.90 Å². The number of halogens is 1. The molecule has 2 heterocycles.